The van der Waals surface area contributed by atoms with Crippen LogP contribution in [0.2, 0.25) is 0 Å². The van der Waals surface area contributed by atoms with Crippen LogP contribution in [0.1, 0.15) is 23.7 Å². The van der Waals surface area contributed by atoms with E-state index in [4.69, 9.17) is 9.26 Å². The number of nitro groups is 1. The van der Waals surface area contributed by atoms with E-state index in [2.05, 4.69) is 5.10 Å². The highest BCUT2D eigenvalue weighted by Gasteiger charge is 2.51. The lowest BCUT2D eigenvalue weighted by atomic mass is 10.1. The number of benzene rings is 2. The van der Waals surface area contributed by atoms with Gasteiger partial charge in [0.25, 0.3) is 0 Å². The zero-order chi connectivity index (χ0) is 23.4. The Morgan fingerprint density at radius 3 is 2.53 bits per heavy atom. The number of aromatic nitrogens is 2. The number of hydrogen-bond donors (Lipinski definition) is 0. The Kier molecular flexibility index (Phi) is 5.07. The summed E-state index contributed by atoms with van der Waals surface area (Å²) in [5.41, 5.74) is 3.29. The van der Waals surface area contributed by atoms with Gasteiger partial charge in [-0.1, -0.05) is 12.1 Å². The molecule has 2 aromatic carbocycles. The van der Waals surface area contributed by atoms with Gasteiger partial charge in [0.2, 0.25) is 5.75 Å². The van der Waals surface area contributed by atoms with Crippen molar-refractivity contribution in [2.24, 2.45) is 7.05 Å². The maximum atomic E-state index is 13.5. The topological polar surface area (TPSA) is 103 Å². The summed E-state index contributed by atoms with van der Waals surface area (Å²) < 4.78 is 31.4. The molecule has 0 amide bonds. The van der Waals surface area contributed by atoms with Gasteiger partial charge in [0.05, 0.1) is 17.2 Å². The van der Waals surface area contributed by atoms with Crippen LogP contribution in [0.3, 0.4) is 0 Å². The highest BCUT2D eigenvalue weighted by atomic mass is 31.2. The van der Waals surface area contributed by atoms with Gasteiger partial charge in [-0.2, -0.15) is 5.10 Å². The summed E-state index contributed by atoms with van der Waals surface area (Å²) in [6, 6.07) is 10.6. The molecule has 1 atom stereocenters. The highest BCUT2D eigenvalue weighted by molar-refractivity contribution is 7.54. The van der Waals surface area contributed by atoms with E-state index in [0.717, 1.165) is 48.4 Å². The van der Waals surface area contributed by atoms with Crippen LogP contribution in [-0.2, 0) is 22.6 Å². The highest BCUT2D eigenvalue weighted by Crippen LogP contribution is 2.64. The molecule has 34 heavy (non-hydrogen) atoms. The third-order valence-electron chi connectivity index (χ3n) is 6.39. The van der Waals surface area contributed by atoms with E-state index in [1.54, 1.807) is 23.0 Å². The first-order valence-electron chi connectivity index (χ1n) is 11.3. The Labute approximate surface area is 196 Å². The van der Waals surface area contributed by atoms with Crippen molar-refractivity contribution < 1.29 is 18.7 Å². The van der Waals surface area contributed by atoms with Crippen molar-refractivity contribution in [3.8, 4) is 22.6 Å². The molecule has 3 heterocycles. The van der Waals surface area contributed by atoms with Crippen LogP contribution in [-0.4, -0.2) is 50.2 Å². The summed E-state index contributed by atoms with van der Waals surface area (Å²) in [5, 5.41) is 16.0. The molecule has 0 spiro atoms. The van der Waals surface area contributed by atoms with Gasteiger partial charge in [0.15, 0.2) is 0 Å². The molecule has 3 aromatic rings. The molecule has 0 bridgehead atoms. The molecule has 0 saturated carbocycles. The fraction of sp³-hybridized carbons (Fsp3) is 0.348. The lowest BCUT2D eigenvalue weighted by Gasteiger charge is -2.24. The van der Waals surface area contributed by atoms with Gasteiger partial charge in [-0.25, -0.2) is 9.34 Å². The largest absolute Gasteiger partial charge is 0.450 e. The molecule has 2 aliphatic heterocycles. The molecule has 2 fully saturated rings. The summed E-state index contributed by atoms with van der Waals surface area (Å²) in [6.45, 7) is 3.09. The first-order valence-corrected chi connectivity index (χ1v) is 12.8. The average molecular weight is 481 g/mol. The molecule has 0 radical (unpaired) electrons. The van der Waals surface area contributed by atoms with Crippen LogP contribution in [0, 0.1) is 10.1 Å². The number of hydrogen-bond acceptors (Lipinski definition) is 6. The van der Waals surface area contributed by atoms with Crippen molar-refractivity contribution in [2.75, 3.05) is 26.2 Å². The van der Waals surface area contributed by atoms with Gasteiger partial charge in [-0.05, 0) is 42.2 Å². The smallest absolute Gasteiger partial charge is 0.346 e. The summed E-state index contributed by atoms with van der Waals surface area (Å²) in [5.74, 6) is 0.728. The lowest BCUT2D eigenvalue weighted by Crippen LogP contribution is -2.11. The second-order valence-corrected chi connectivity index (χ2v) is 11.1. The van der Waals surface area contributed by atoms with Gasteiger partial charge in [0.1, 0.15) is 5.75 Å². The quantitative estimate of drug-likeness (QED) is 0.200. The third kappa shape index (κ3) is 3.82. The SMILES string of the molecule is Cn1cc(-c2cccc(Oc3c([N+](=O)[O-])ccc4c3CC[C@H]4OP(=O)(N3CC3)N3CC3)c2)cn1. The Morgan fingerprint density at radius 1 is 1.12 bits per heavy atom. The van der Waals surface area contributed by atoms with Crippen molar-refractivity contribution in [3.63, 3.8) is 0 Å². The fourth-order valence-corrected chi connectivity index (χ4v) is 6.85. The molecule has 11 heteroatoms. The maximum Gasteiger partial charge on any atom is 0.346 e. The minimum atomic E-state index is -3.01. The molecule has 10 nitrogen and oxygen atoms in total. The molecular formula is C23H24N5O5P. The zero-order valence-corrected chi connectivity index (χ0v) is 19.6. The lowest BCUT2D eigenvalue weighted by molar-refractivity contribution is -0.385. The minimum Gasteiger partial charge on any atom is -0.450 e. The fourth-order valence-electron chi connectivity index (χ4n) is 4.49. The summed E-state index contributed by atoms with van der Waals surface area (Å²) in [4.78, 5) is 11.4. The summed E-state index contributed by atoms with van der Waals surface area (Å²) >= 11 is 0. The summed E-state index contributed by atoms with van der Waals surface area (Å²) in [7, 11) is -1.17. The molecule has 1 aromatic heterocycles. The van der Waals surface area contributed by atoms with E-state index in [1.807, 2.05) is 40.8 Å². The number of ether oxygens (including phenoxy) is 1. The predicted octanol–water partition coefficient (Wildman–Crippen LogP) is 4.53. The van der Waals surface area contributed by atoms with E-state index in [0.29, 0.717) is 18.6 Å². The van der Waals surface area contributed by atoms with Crippen LogP contribution < -0.4 is 4.74 Å². The Bertz CT molecular complexity index is 1320. The van der Waals surface area contributed by atoms with Crippen molar-refractivity contribution in [1.82, 2.24) is 19.1 Å². The van der Waals surface area contributed by atoms with E-state index < -0.39 is 12.6 Å². The normalized spacial score (nSPS) is 19.7. The molecule has 0 N–H and O–H groups in total. The van der Waals surface area contributed by atoms with Crippen LogP contribution >= 0.6 is 7.67 Å². The van der Waals surface area contributed by atoms with Crippen molar-refractivity contribution in [2.45, 2.75) is 18.9 Å². The Morgan fingerprint density at radius 2 is 1.88 bits per heavy atom. The first kappa shape index (κ1) is 21.5. The molecule has 2 saturated heterocycles. The molecule has 1 aliphatic carbocycles. The maximum absolute atomic E-state index is 13.5. The molecule has 176 valence electrons. The van der Waals surface area contributed by atoms with Gasteiger partial charge in [0, 0.05) is 56.6 Å². The molecule has 0 unspecified atom stereocenters. The molecule has 3 aliphatic rings. The standard InChI is InChI=1S/C23H24N5O5P/c1-25-15-17(14-24-25)16-3-2-4-18(13-16)32-23-20-6-8-22(19(20)5-7-21(23)28(29)30)33-34(31,26-9-10-26)27-11-12-27/h2-5,7,13-15,22H,6,8-12H2,1H3/t22-/m1/s1. The average Bonchev–Trinajstić information content (AvgIpc) is 3.75. The Hall–Kier alpha value is -3.04. The third-order valence-corrected chi connectivity index (χ3v) is 9.15. The number of fused-ring (bicyclic) bond motifs is 1. The van der Waals surface area contributed by atoms with Crippen LogP contribution in [0.25, 0.3) is 11.1 Å². The van der Waals surface area contributed by atoms with Gasteiger partial charge in [-0.15, -0.1) is 0 Å². The van der Waals surface area contributed by atoms with Crippen LogP contribution in [0.4, 0.5) is 5.69 Å². The van der Waals surface area contributed by atoms with Crippen molar-refractivity contribution in [1.29, 1.82) is 0 Å². The predicted molar refractivity (Wildman–Crippen MR) is 125 cm³/mol. The van der Waals surface area contributed by atoms with E-state index >= 15 is 0 Å². The Balaban J connectivity index is 1.33. The summed E-state index contributed by atoms with van der Waals surface area (Å²) in [6.07, 6.45) is 4.43. The number of rotatable bonds is 8. The van der Waals surface area contributed by atoms with Crippen LogP contribution in [0.5, 0.6) is 11.5 Å². The van der Waals surface area contributed by atoms with Crippen molar-refractivity contribution in [3.05, 3.63) is 70.0 Å². The van der Waals surface area contributed by atoms with Gasteiger partial charge in [-0.3, -0.25) is 23.9 Å². The first-order chi connectivity index (χ1) is 16.4. The second-order valence-electron chi connectivity index (χ2n) is 8.80. The van der Waals surface area contributed by atoms with E-state index in [1.165, 1.54) is 6.07 Å². The van der Waals surface area contributed by atoms with E-state index in [-0.39, 0.29) is 17.5 Å². The molecular weight excluding hydrogens is 457 g/mol. The van der Waals surface area contributed by atoms with Gasteiger partial charge >= 0.3 is 13.4 Å². The molecule has 6 rings (SSSR count). The van der Waals surface area contributed by atoms with Crippen LogP contribution in [0.15, 0.2) is 48.8 Å². The van der Waals surface area contributed by atoms with Gasteiger partial charge < -0.3 is 4.74 Å². The zero-order valence-electron chi connectivity index (χ0n) is 18.7. The number of nitrogens with zero attached hydrogens (tertiary/aromatic N) is 5. The number of nitro benzene ring substituents is 1. The second kappa shape index (κ2) is 8.02. The minimum absolute atomic E-state index is 0.0914. The number of aryl methyl sites for hydroxylation is 1. The van der Waals surface area contributed by atoms with Crippen molar-refractivity contribution >= 4 is 13.4 Å². The monoisotopic (exact) mass is 481 g/mol. The van der Waals surface area contributed by atoms with E-state index in [9.17, 15) is 14.7 Å².